The molecule has 2 saturated heterocycles. The van der Waals surface area contributed by atoms with E-state index in [0.717, 1.165) is 4.90 Å². The van der Waals surface area contributed by atoms with Crippen molar-refractivity contribution in [1.82, 2.24) is 15.1 Å². The van der Waals surface area contributed by atoms with E-state index in [1.165, 1.54) is 4.90 Å². The highest BCUT2D eigenvalue weighted by atomic mass is 16.4. The van der Waals surface area contributed by atoms with Crippen molar-refractivity contribution < 1.29 is 34.2 Å². The molecule has 2 aliphatic rings. The van der Waals surface area contributed by atoms with E-state index in [1.54, 1.807) is 0 Å². The summed E-state index contributed by atoms with van der Waals surface area (Å²) in [6.07, 6.45) is 1.50. The molecular weight excluding hydrogens is 408 g/mol. The lowest BCUT2D eigenvalue weighted by Crippen LogP contribution is -2.57. The van der Waals surface area contributed by atoms with Crippen LogP contribution in [0, 0.1) is 5.92 Å². The fraction of sp³-hybridized carbons (Fsp3) is 0.750. The number of rotatable bonds is 9. The molecule has 0 bridgehead atoms. The Morgan fingerprint density at radius 3 is 2.03 bits per heavy atom. The minimum atomic E-state index is -1.41. The van der Waals surface area contributed by atoms with Gasteiger partial charge in [-0.3, -0.25) is 19.2 Å². The largest absolute Gasteiger partial charge is 0.481 e. The van der Waals surface area contributed by atoms with Gasteiger partial charge in [0.1, 0.15) is 18.1 Å². The van der Waals surface area contributed by atoms with Gasteiger partial charge in [0.05, 0.1) is 12.5 Å². The third kappa shape index (κ3) is 6.16. The summed E-state index contributed by atoms with van der Waals surface area (Å²) in [5.41, 5.74) is 5.99. The molecule has 0 spiro atoms. The van der Waals surface area contributed by atoms with Crippen LogP contribution in [0.15, 0.2) is 0 Å². The molecule has 31 heavy (non-hydrogen) atoms. The Bertz CT molecular complexity index is 726. The lowest BCUT2D eigenvalue weighted by Gasteiger charge is -2.30. The molecule has 2 rings (SSSR count). The smallest absolute Gasteiger partial charge is 0.326 e. The third-order valence-electron chi connectivity index (χ3n) is 5.70. The summed E-state index contributed by atoms with van der Waals surface area (Å²) in [5.74, 6) is -3.99. The molecule has 2 heterocycles. The summed E-state index contributed by atoms with van der Waals surface area (Å²) in [6.45, 7) is 4.41. The molecule has 0 aromatic heterocycles. The van der Waals surface area contributed by atoms with Gasteiger partial charge in [0.15, 0.2) is 0 Å². The van der Waals surface area contributed by atoms with E-state index >= 15 is 0 Å². The maximum Gasteiger partial charge on any atom is 0.326 e. The van der Waals surface area contributed by atoms with Crippen molar-refractivity contribution in [3.8, 4) is 0 Å². The Kier molecular flexibility index (Phi) is 8.37. The zero-order valence-electron chi connectivity index (χ0n) is 18.0. The molecule has 2 aliphatic heterocycles. The van der Waals surface area contributed by atoms with Crippen LogP contribution in [0.2, 0.25) is 0 Å². The highest BCUT2D eigenvalue weighted by molar-refractivity contribution is 5.96. The summed E-state index contributed by atoms with van der Waals surface area (Å²) in [6, 6.07) is -4.04. The molecule has 0 radical (unpaired) electrons. The van der Waals surface area contributed by atoms with E-state index in [0.29, 0.717) is 32.2 Å². The molecule has 0 aromatic carbocycles. The molecule has 5 N–H and O–H groups in total. The van der Waals surface area contributed by atoms with E-state index in [9.17, 15) is 34.2 Å². The molecule has 11 nitrogen and oxygen atoms in total. The molecule has 0 aromatic rings. The van der Waals surface area contributed by atoms with E-state index in [4.69, 9.17) is 5.73 Å². The Labute approximate surface area is 180 Å². The van der Waals surface area contributed by atoms with Crippen molar-refractivity contribution in [2.24, 2.45) is 11.7 Å². The molecule has 11 heteroatoms. The predicted molar refractivity (Wildman–Crippen MR) is 109 cm³/mol. The standard InChI is InChI=1S/C20H32N4O7/c1-11(2)9-12(21)18(28)23-7-3-5-14(23)17(27)22-13(10-16(25)26)19(29)24-8-4-6-15(24)20(30)31/h11-15H,3-10,21H2,1-2H3,(H,22,27)(H,25,26)(H,30,31). The van der Waals surface area contributed by atoms with Gasteiger partial charge in [0.2, 0.25) is 17.7 Å². The van der Waals surface area contributed by atoms with Gasteiger partial charge in [-0.25, -0.2) is 4.79 Å². The second-order valence-electron chi connectivity index (χ2n) is 8.61. The van der Waals surface area contributed by atoms with Gasteiger partial charge < -0.3 is 31.1 Å². The number of aliphatic carboxylic acids is 2. The van der Waals surface area contributed by atoms with E-state index < -0.39 is 54.3 Å². The quantitative estimate of drug-likeness (QED) is 0.368. The van der Waals surface area contributed by atoms with Gasteiger partial charge in [-0.15, -0.1) is 0 Å². The molecule has 2 fully saturated rings. The maximum atomic E-state index is 12.9. The Balaban J connectivity index is 2.12. The fourth-order valence-corrected chi connectivity index (χ4v) is 4.25. The second kappa shape index (κ2) is 10.6. The van der Waals surface area contributed by atoms with E-state index in [2.05, 4.69) is 5.32 Å². The fourth-order valence-electron chi connectivity index (χ4n) is 4.25. The van der Waals surface area contributed by atoms with Crippen LogP contribution in [-0.2, 0) is 24.0 Å². The van der Waals surface area contributed by atoms with Crippen molar-refractivity contribution in [3.05, 3.63) is 0 Å². The Morgan fingerprint density at radius 1 is 0.968 bits per heavy atom. The van der Waals surface area contributed by atoms with Gasteiger partial charge in [-0.05, 0) is 38.0 Å². The third-order valence-corrected chi connectivity index (χ3v) is 5.70. The van der Waals surface area contributed by atoms with Crippen LogP contribution in [0.3, 0.4) is 0 Å². The molecule has 0 saturated carbocycles. The number of carbonyl (C=O) groups excluding carboxylic acids is 3. The van der Waals surface area contributed by atoms with E-state index in [1.807, 2.05) is 13.8 Å². The van der Waals surface area contributed by atoms with Gasteiger partial charge in [-0.2, -0.15) is 0 Å². The number of nitrogens with two attached hydrogens (primary N) is 1. The number of nitrogens with one attached hydrogen (secondary N) is 1. The van der Waals surface area contributed by atoms with Gasteiger partial charge in [-0.1, -0.05) is 13.8 Å². The van der Waals surface area contributed by atoms with Crippen molar-refractivity contribution in [2.45, 2.75) is 76.5 Å². The van der Waals surface area contributed by atoms with Crippen LogP contribution in [-0.4, -0.2) is 86.9 Å². The normalized spacial score (nSPS) is 23.0. The monoisotopic (exact) mass is 440 g/mol. The minimum Gasteiger partial charge on any atom is -0.481 e. The maximum absolute atomic E-state index is 12.9. The first kappa shape index (κ1) is 24.6. The topological polar surface area (TPSA) is 170 Å². The highest BCUT2D eigenvalue weighted by Crippen LogP contribution is 2.22. The van der Waals surface area contributed by atoms with Crippen LogP contribution in [0.1, 0.15) is 52.4 Å². The SMILES string of the molecule is CC(C)CC(N)C(=O)N1CCCC1C(=O)NC(CC(=O)O)C(=O)N1CCCC1C(=O)O. The second-order valence-corrected chi connectivity index (χ2v) is 8.61. The van der Waals surface area contributed by atoms with Crippen LogP contribution >= 0.6 is 0 Å². The summed E-state index contributed by atoms with van der Waals surface area (Å²) in [4.78, 5) is 63.7. The number of carboxylic acid groups (broad SMARTS) is 2. The first-order valence-electron chi connectivity index (χ1n) is 10.6. The summed E-state index contributed by atoms with van der Waals surface area (Å²) >= 11 is 0. The van der Waals surface area contributed by atoms with Crippen molar-refractivity contribution in [2.75, 3.05) is 13.1 Å². The predicted octanol–water partition coefficient (Wildman–Crippen LogP) is -0.614. The van der Waals surface area contributed by atoms with Gasteiger partial charge >= 0.3 is 11.9 Å². The highest BCUT2D eigenvalue weighted by Gasteiger charge is 2.41. The number of carboxylic acids is 2. The van der Waals surface area contributed by atoms with Crippen LogP contribution in [0.25, 0.3) is 0 Å². The number of carbonyl (C=O) groups is 5. The Hall–Kier alpha value is -2.69. The molecule has 4 unspecified atom stereocenters. The number of amides is 3. The van der Waals surface area contributed by atoms with Gasteiger partial charge in [0.25, 0.3) is 0 Å². The van der Waals surface area contributed by atoms with Crippen molar-refractivity contribution >= 4 is 29.7 Å². The van der Waals surface area contributed by atoms with Crippen LogP contribution in [0.4, 0.5) is 0 Å². The molecule has 3 amide bonds. The van der Waals surface area contributed by atoms with Crippen LogP contribution < -0.4 is 11.1 Å². The van der Waals surface area contributed by atoms with Crippen molar-refractivity contribution in [1.29, 1.82) is 0 Å². The summed E-state index contributed by atoms with van der Waals surface area (Å²) < 4.78 is 0. The molecular formula is C20H32N4O7. The number of likely N-dealkylation sites (tertiary alicyclic amines) is 2. The average Bonchev–Trinajstić information content (AvgIpc) is 3.34. The number of hydrogen-bond donors (Lipinski definition) is 4. The zero-order chi connectivity index (χ0) is 23.3. The Morgan fingerprint density at radius 2 is 1.52 bits per heavy atom. The first-order valence-corrected chi connectivity index (χ1v) is 10.6. The molecule has 174 valence electrons. The average molecular weight is 440 g/mol. The number of nitrogens with zero attached hydrogens (tertiary/aromatic N) is 2. The summed E-state index contributed by atoms with van der Waals surface area (Å²) in [7, 11) is 0. The minimum absolute atomic E-state index is 0.180. The lowest BCUT2D eigenvalue weighted by atomic mass is 10.0. The molecule has 4 atom stereocenters. The lowest BCUT2D eigenvalue weighted by molar-refractivity contribution is -0.151. The van der Waals surface area contributed by atoms with Crippen molar-refractivity contribution in [3.63, 3.8) is 0 Å². The van der Waals surface area contributed by atoms with Gasteiger partial charge in [0, 0.05) is 13.1 Å². The number of hydrogen-bond acceptors (Lipinski definition) is 6. The van der Waals surface area contributed by atoms with E-state index in [-0.39, 0.29) is 24.8 Å². The molecule has 0 aliphatic carbocycles. The zero-order valence-corrected chi connectivity index (χ0v) is 18.0. The first-order chi connectivity index (χ1) is 14.5. The van der Waals surface area contributed by atoms with Crippen LogP contribution in [0.5, 0.6) is 0 Å². The summed E-state index contributed by atoms with van der Waals surface area (Å²) in [5, 5.41) is 21.0.